The van der Waals surface area contributed by atoms with Gasteiger partial charge in [0.1, 0.15) is 0 Å². The van der Waals surface area contributed by atoms with Gasteiger partial charge in [-0.25, -0.2) is 8.42 Å². The van der Waals surface area contributed by atoms with Crippen LogP contribution in [0.25, 0.3) is 6.08 Å². The Morgan fingerprint density at radius 1 is 0.957 bits per heavy atom. The molecule has 1 unspecified atom stereocenters. The number of hydrogen-bond donors (Lipinski definition) is 0. The fourth-order valence-electron chi connectivity index (χ4n) is 2.02. The highest BCUT2D eigenvalue weighted by Gasteiger charge is 2.48. The maximum absolute atomic E-state index is 13.2. The SMILES string of the molecule is O=S(=O)(/C=C/c1ccc(Cl)cc1)C(c1ccccc1)C(F)(F)F. The minimum atomic E-state index is -4.91. The summed E-state index contributed by atoms with van der Waals surface area (Å²) < 4.78 is 64.1. The Morgan fingerprint density at radius 3 is 2.04 bits per heavy atom. The summed E-state index contributed by atoms with van der Waals surface area (Å²) >= 11 is 5.70. The fraction of sp³-hybridized carbons (Fsp3) is 0.125. The van der Waals surface area contributed by atoms with E-state index >= 15 is 0 Å². The van der Waals surface area contributed by atoms with Crippen molar-refractivity contribution in [3.05, 3.63) is 76.2 Å². The minimum absolute atomic E-state index is 0.319. The van der Waals surface area contributed by atoms with Crippen LogP contribution >= 0.6 is 11.6 Å². The monoisotopic (exact) mass is 360 g/mol. The molecule has 2 nitrogen and oxygen atoms in total. The van der Waals surface area contributed by atoms with Crippen LogP contribution in [-0.4, -0.2) is 14.6 Å². The molecule has 0 saturated heterocycles. The van der Waals surface area contributed by atoms with Crippen molar-refractivity contribution < 1.29 is 21.6 Å². The van der Waals surface area contributed by atoms with Gasteiger partial charge in [0.2, 0.25) is 0 Å². The lowest BCUT2D eigenvalue weighted by atomic mass is 10.1. The Kier molecular flexibility index (Phi) is 5.16. The van der Waals surface area contributed by atoms with Crippen molar-refractivity contribution in [3.8, 4) is 0 Å². The topological polar surface area (TPSA) is 34.1 Å². The average Bonchev–Trinajstić information content (AvgIpc) is 2.46. The van der Waals surface area contributed by atoms with E-state index < -0.39 is 21.3 Å². The molecule has 0 spiro atoms. The van der Waals surface area contributed by atoms with E-state index in [0.29, 0.717) is 16.0 Å². The molecular weight excluding hydrogens is 349 g/mol. The van der Waals surface area contributed by atoms with Gasteiger partial charge in [-0.2, -0.15) is 13.2 Å². The quantitative estimate of drug-likeness (QED) is 0.766. The number of rotatable bonds is 4. The molecule has 1 atom stereocenters. The Morgan fingerprint density at radius 2 is 1.52 bits per heavy atom. The van der Waals surface area contributed by atoms with Crippen molar-refractivity contribution in [2.45, 2.75) is 11.4 Å². The van der Waals surface area contributed by atoms with E-state index in [9.17, 15) is 21.6 Å². The van der Waals surface area contributed by atoms with E-state index in [-0.39, 0.29) is 5.56 Å². The summed E-state index contributed by atoms with van der Waals surface area (Å²) in [4.78, 5) is 0. The fourth-order valence-corrected chi connectivity index (χ4v) is 3.56. The van der Waals surface area contributed by atoms with E-state index in [0.717, 1.165) is 18.2 Å². The molecule has 0 heterocycles. The summed E-state index contributed by atoms with van der Waals surface area (Å²) in [6.07, 6.45) is -3.79. The standard InChI is InChI=1S/C16H12ClF3O2S/c17-14-8-6-12(7-9-14)10-11-23(21,22)15(16(18,19)20)13-4-2-1-3-5-13/h1-11,15H/b11-10+. The molecule has 0 amide bonds. The van der Waals surface area contributed by atoms with E-state index in [1.165, 1.54) is 42.5 Å². The van der Waals surface area contributed by atoms with Crippen molar-refractivity contribution in [1.82, 2.24) is 0 Å². The van der Waals surface area contributed by atoms with Crippen molar-refractivity contribution in [1.29, 1.82) is 0 Å². The van der Waals surface area contributed by atoms with E-state index in [1.807, 2.05) is 0 Å². The van der Waals surface area contributed by atoms with Crippen LogP contribution < -0.4 is 0 Å². The highest BCUT2D eigenvalue weighted by molar-refractivity contribution is 7.94. The lowest BCUT2D eigenvalue weighted by Gasteiger charge is -2.19. The first-order valence-corrected chi connectivity index (χ1v) is 8.48. The molecule has 0 bridgehead atoms. The van der Waals surface area contributed by atoms with Crippen LogP contribution in [0.3, 0.4) is 0 Å². The van der Waals surface area contributed by atoms with Crippen LogP contribution in [0.15, 0.2) is 60.0 Å². The zero-order valence-corrected chi connectivity index (χ0v) is 13.2. The highest BCUT2D eigenvalue weighted by atomic mass is 35.5. The maximum atomic E-state index is 13.2. The molecule has 0 radical (unpaired) electrons. The Balaban J connectivity index is 2.39. The Labute approximate surface area is 137 Å². The van der Waals surface area contributed by atoms with Crippen molar-refractivity contribution >= 4 is 27.5 Å². The van der Waals surface area contributed by atoms with Crippen LogP contribution in [0.4, 0.5) is 13.2 Å². The first-order valence-electron chi connectivity index (χ1n) is 6.49. The molecular formula is C16H12ClF3O2S. The van der Waals surface area contributed by atoms with E-state index in [2.05, 4.69) is 0 Å². The van der Waals surface area contributed by atoms with Crippen molar-refractivity contribution in [2.24, 2.45) is 0 Å². The third kappa shape index (κ3) is 4.59. The first kappa shape index (κ1) is 17.6. The van der Waals surface area contributed by atoms with Crippen LogP contribution in [0.5, 0.6) is 0 Å². The van der Waals surface area contributed by atoms with Gasteiger partial charge in [-0.3, -0.25) is 0 Å². The molecule has 2 aromatic rings. The maximum Gasteiger partial charge on any atom is 0.409 e. The molecule has 0 N–H and O–H groups in total. The normalized spacial score (nSPS) is 14.1. The van der Waals surface area contributed by atoms with Crippen molar-refractivity contribution in [2.75, 3.05) is 0 Å². The van der Waals surface area contributed by atoms with Crippen LogP contribution in [0.2, 0.25) is 5.02 Å². The van der Waals surface area contributed by atoms with E-state index in [1.54, 1.807) is 0 Å². The number of hydrogen-bond acceptors (Lipinski definition) is 2. The van der Waals surface area contributed by atoms with Gasteiger partial charge in [0.25, 0.3) is 0 Å². The van der Waals surface area contributed by atoms with Crippen molar-refractivity contribution in [3.63, 3.8) is 0 Å². The summed E-state index contributed by atoms with van der Waals surface area (Å²) in [6.45, 7) is 0. The van der Waals surface area contributed by atoms with Gasteiger partial charge < -0.3 is 0 Å². The number of benzene rings is 2. The van der Waals surface area contributed by atoms with Gasteiger partial charge in [0.05, 0.1) is 0 Å². The summed E-state index contributed by atoms with van der Waals surface area (Å²) in [6, 6.07) is 12.6. The predicted octanol–water partition coefficient (Wildman–Crippen LogP) is 5.03. The molecule has 0 aromatic heterocycles. The van der Waals surface area contributed by atoms with Crippen LogP contribution in [-0.2, 0) is 9.84 Å². The lowest BCUT2D eigenvalue weighted by molar-refractivity contribution is -0.131. The van der Waals surface area contributed by atoms with Crippen LogP contribution in [0.1, 0.15) is 16.4 Å². The second kappa shape index (κ2) is 6.76. The first-order chi connectivity index (χ1) is 10.7. The van der Waals surface area contributed by atoms with E-state index in [4.69, 9.17) is 11.6 Å². The molecule has 122 valence electrons. The summed E-state index contributed by atoms with van der Waals surface area (Å²) in [7, 11) is -4.58. The minimum Gasteiger partial charge on any atom is -0.223 e. The number of alkyl halides is 3. The van der Waals surface area contributed by atoms with Gasteiger partial charge in [0, 0.05) is 10.4 Å². The summed E-state index contributed by atoms with van der Waals surface area (Å²) in [5.74, 6) is 0. The van der Waals surface area contributed by atoms with Gasteiger partial charge >= 0.3 is 6.18 Å². The molecule has 7 heteroatoms. The average molecular weight is 361 g/mol. The van der Waals surface area contributed by atoms with Gasteiger partial charge in [-0.05, 0) is 29.3 Å². The molecule has 2 rings (SSSR count). The molecule has 0 aliphatic carbocycles. The zero-order valence-electron chi connectivity index (χ0n) is 11.7. The predicted molar refractivity (Wildman–Crippen MR) is 84.6 cm³/mol. The number of sulfone groups is 1. The van der Waals surface area contributed by atoms with Gasteiger partial charge in [-0.15, -0.1) is 0 Å². The van der Waals surface area contributed by atoms with Crippen LogP contribution in [0, 0.1) is 0 Å². The molecule has 2 aromatic carbocycles. The lowest BCUT2D eigenvalue weighted by Crippen LogP contribution is -2.27. The van der Waals surface area contributed by atoms with Gasteiger partial charge in [0.15, 0.2) is 15.1 Å². The Bertz CT molecular complexity index is 782. The number of halogens is 4. The zero-order chi connectivity index (χ0) is 17.1. The smallest absolute Gasteiger partial charge is 0.223 e. The molecule has 0 aliphatic rings. The second-order valence-corrected chi connectivity index (χ2v) is 7.13. The summed E-state index contributed by atoms with van der Waals surface area (Å²) in [5, 5.41) is -1.57. The third-order valence-corrected chi connectivity index (χ3v) is 5.01. The molecule has 23 heavy (non-hydrogen) atoms. The molecule has 0 aliphatic heterocycles. The second-order valence-electron chi connectivity index (χ2n) is 4.78. The molecule has 0 fully saturated rings. The molecule has 0 saturated carbocycles. The largest absolute Gasteiger partial charge is 0.409 e. The van der Waals surface area contributed by atoms with Gasteiger partial charge in [-0.1, -0.05) is 54.1 Å². The third-order valence-electron chi connectivity index (χ3n) is 3.05. The highest BCUT2D eigenvalue weighted by Crippen LogP contribution is 2.40. The Hall–Kier alpha value is -1.79. The summed E-state index contributed by atoms with van der Waals surface area (Å²) in [5.41, 5.74) is 0.118.